The van der Waals surface area contributed by atoms with E-state index < -0.39 is 0 Å². The fourth-order valence-corrected chi connectivity index (χ4v) is 2.52. The van der Waals surface area contributed by atoms with Gasteiger partial charge in [0.2, 0.25) is 5.91 Å². The third kappa shape index (κ3) is 6.26. The molecule has 3 N–H and O–H groups in total. The molecule has 3 rings (SSSR count). The molecule has 142 valence electrons. The van der Waals surface area contributed by atoms with Gasteiger partial charge in [0.25, 0.3) is 0 Å². The number of urea groups is 1. The molecule has 0 bridgehead atoms. The average molecular weight is 375 g/mol. The molecule has 0 fully saturated rings. The summed E-state index contributed by atoms with van der Waals surface area (Å²) in [5.41, 5.74) is 2.84. The Morgan fingerprint density at radius 2 is 1.25 bits per heavy atom. The highest BCUT2D eigenvalue weighted by Crippen LogP contribution is 2.16. The van der Waals surface area contributed by atoms with Crippen molar-refractivity contribution in [3.8, 4) is 0 Å². The van der Waals surface area contributed by atoms with Crippen LogP contribution in [0, 0.1) is 0 Å². The molecule has 6 heteroatoms. The molecule has 0 saturated carbocycles. The molecule has 0 aliphatic heterocycles. The zero-order valence-corrected chi connectivity index (χ0v) is 15.2. The summed E-state index contributed by atoms with van der Waals surface area (Å²) in [4.78, 5) is 24.1. The van der Waals surface area contributed by atoms with Crippen molar-refractivity contribution in [1.82, 2.24) is 0 Å². The Kier molecular flexibility index (Phi) is 6.76. The van der Waals surface area contributed by atoms with Crippen LogP contribution in [0.5, 0.6) is 0 Å². The Balaban J connectivity index is 1.47. The number of carbonyl (C=O) groups excluding carboxylic acids is 2. The first-order valence-corrected chi connectivity index (χ1v) is 8.84. The van der Waals surface area contributed by atoms with Crippen LogP contribution in [0.3, 0.4) is 0 Å². The van der Waals surface area contributed by atoms with Crippen LogP contribution in [-0.4, -0.2) is 18.5 Å². The molecule has 0 heterocycles. The summed E-state index contributed by atoms with van der Waals surface area (Å²) in [5.74, 6) is -0.262. The molecule has 3 aromatic carbocycles. The lowest BCUT2D eigenvalue weighted by Gasteiger charge is -2.10. The third-order valence-corrected chi connectivity index (χ3v) is 3.78. The van der Waals surface area contributed by atoms with E-state index in [2.05, 4.69) is 16.0 Å². The largest absolute Gasteiger partial charge is 0.367 e. The lowest BCUT2D eigenvalue weighted by Crippen LogP contribution is -2.20. The predicted octanol–water partition coefficient (Wildman–Crippen LogP) is 4.49. The van der Waals surface area contributed by atoms with Gasteiger partial charge in [0, 0.05) is 17.1 Å². The molecular formula is C22H21N3O3. The molecule has 0 radical (unpaired) electrons. The van der Waals surface area contributed by atoms with Crippen LogP contribution in [0.4, 0.5) is 21.9 Å². The van der Waals surface area contributed by atoms with Crippen molar-refractivity contribution in [1.29, 1.82) is 0 Å². The van der Waals surface area contributed by atoms with Crippen molar-refractivity contribution in [2.75, 3.05) is 22.6 Å². The number of hydrogen-bond donors (Lipinski definition) is 3. The number of nitrogens with one attached hydrogen (secondary N) is 3. The normalized spacial score (nSPS) is 10.1. The number of amides is 3. The van der Waals surface area contributed by atoms with Gasteiger partial charge in [-0.25, -0.2) is 4.79 Å². The average Bonchev–Trinajstić information content (AvgIpc) is 2.70. The standard InChI is InChI=1S/C22H21N3O3/c26-21(16-28-15-17-8-3-1-4-9-17)23-19-12-7-13-20(14-19)25-22(27)24-18-10-5-2-6-11-18/h1-14H,15-16H2,(H,23,26)(H2,24,25,27). The number of benzene rings is 3. The molecule has 0 aromatic heterocycles. The molecule has 28 heavy (non-hydrogen) atoms. The smallest absolute Gasteiger partial charge is 0.323 e. The summed E-state index contributed by atoms with van der Waals surface area (Å²) in [5, 5.41) is 8.23. The van der Waals surface area contributed by atoms with Crippen LogP contribution < -0.4 is 16.0 Å². The summed E-state index contributed by atoms with van der Waals surface area (Å²) >= 11 is 0. The number of ether oxygens (including phenoxy) is 1. The monoisotopic (exact) mass is 375 g/mol. The summed E-state index contributed by atoms with van der Waals surface area (Å²) in [6.45, 7) is 0.316. The first-order chi connectivity index (χ1) is 13.7. The van der Waals surface area contributed by atoms with E-state index in [9.17, 15) is 9.59 Å². The summed E-state index contributed by atoms with van der Waals surface area (Å²) in [6.07, 6.45) is 0. The lowest BCUT2D eigenvalue weighted by atomic mass is 10.2. The van der Waals surface area contributed by atoms with Gasteiger partial charge in [-0.2, -0.15) is 0 Å². The van der Waals surface area contributed by atoms with E-state index in [1.807, 2.05) is 48.5 Å². The maximum Gasteiger partial charge on any atom is 0.323 e. The first kappa shape index (κ1) is 19.1. The molecule has 3 aromatic rings. The van der Waals surface area contributed by atoms with Crippen molar-refractivity contribution in [2.45, 2.75) is 6.61 Å². The van der Waals surface area contributed by atoms with Gasteiger partial charge >= 0.3 is 6.03 Å². The second-order valence-electron chi connectivity index (χ2n) is 6.05. The highest BCUT2D eigenvalue weighted by atomic mass is 16.5. The molecule has 0 atom stereocenters. The SMILES string of the molecule is O=C(COCc1ccccc1)Nc1cccc(NC(=O)Nc2ccccc2)c1. The van der Waals surface area contributed by atoms with Crippen LogP contribution in [0.1, 0.15) is 5.56 Å². The molecule has 0 unspecified atom stereocenters. The Morgan fingerprint density at radius 3 is 1.96 bits per heavy atom. The number of carbonyl (C=O) groups is 2. The molecule has 0 spiro atoms. The van der Waals surface area contributed by atoms with E-state index in [1.165, 1.54) is 0 Å². The quantitative estimate of drug-likeness (QED) is 0.569. The van der Waals surface area contributed by atoms with Gasteiger partial charge in [-0.3, -0.25) is 4.79 Å². The molecule has 0 aliphatic rings. The fourth-order valence-electron chi connectivity index (χ4n) is 2.52. The Hall–Kier alpha value is -3.64. The highest BCUT2D eigenvalue weighted by Gasteiger charge is 2.06. The minimum absolute atomic E-state index is 0.0545. The van der Waals surface area contributed by atoms with Gasteiger partial charge in [0.15, 0.2) is 0 Å². The lowest BCUT2D eigenvalue weighted by molar-refractivity contribution is -0.121. The maximum absolute atomic E-state index is 12.1. The van der Waals surface area contributed by atoms with E-state index in [0.717, 1.165) is 5.56 Å². The maximum atomic E-state index is 12.1. The number of anilines is 3. The van der Waals surface area contributed by atoms with Gasteiger partial charge < -0.3 is 20.7 Å². The Labute approximate surface area is 163 Å². The second kappa shape index (κ2) is 9.89. The molecule has 0 aliphatic carbocycles. The zero-order valence-electron chi connectivity index (χ0n) is 15.2. The van der Waals surface area contributed by atoms with Crippen molar-refractivity contribution in [3.63, 3.8) is 0 Å². The minimum atomic E-state index is -0.360. The van der Waals surface area contributed by atoms with Crippen LogP contribution in [0.25, 0.3) is 0 Å². The number of rotatable bonds is 7. The van der Waals surface area contributed by atoms with Gasteiger partial charge in [0.05, 0.1) is 6.61 Å². The van der Waals surface area contributed by atoms with Crippen LogP contribution >= 0.6 is 0 Å². The number of hydrogen-bond acceptors (Lipinski definition) is 3. The van der Waals surface area contributed by atoms with E-state index in [1.54, 1.807) is 36.4 Å². The molecule has 3 amide bonds. The summed E-state index contributed by atoms with van der Waals surface area (Å²) in [6, 6.07) is 25.4. The fraction of sp³-hybridized carbons (Fsp3) is 0.0909. The van der Waals surface area contributed by atoms with Crippen molar-refractivity contribution >= 4 is 29.0 Å². The third-order valence-electron chi connectivity index (χ3n) is 3.78. The van der Waals surface area contributed by atoms with E-state index in [0.29, 0.717) is 23.7 Å². The molecule has 6 nitrogen and oxygen atoms in total. The van der Waals surface area contributed by atoms with Gasteiger partial charge in [-0.15, -0.1) is 0 Å². The minimum Gasteiger partial charge on any atom is -0.367 e. The van der Waals surface area contributed by atoms with Crippen LogP contribution in [-0.2, 0) is 16.1 Å². The molecule has 0 saturated heterocycles. The Bertz CT molecular complexity index is 915. The summed E-state index contributed by atoms with van der Waals surface area (Å²) < 4.78 is 5.42. The van der Waals surface area contributed by atoms with Crippen molar-refractivity contribution in [2.24, 2.45) is 0 Å². The van der Waals surface area contributed by atoms with Crippen LogP contribution in [0.15, 0.2) is 84.9 Å². The van der Waals surface area contributed by atoms with Crippen LogP contribution in [0.2, 0.25) is 0 Å². The van der Waals surface area contributed by atoms with Crippen molar-refractivity contribution in [3.05, 3.63) is 90.5 Å². The van der Waals surface area contributed by atoms with Gasteiger partial charge in [-0.1, -0.05) is 54.6 Å². The van der Waals surface area contributed by atoms with Crippen molar-refractivity contribution < 1.29 is 14.3 Å². The topological polar surface area (TPSA) is 79.5 Å². The van der Waals surface area contributed by atoms with E-state index in [-0.39, 0.29) is 18.5 Å². The Morgan fingerprint density at radius 1 is 0.679 bits per heavy atom. The number of para-hydroxylation sites is 1. The van der Waals surface area contributed by atoms with Gasteiger partial charge in [-0.05, 0) is 35.9 Å². The van der Waals surface area contributed by atoms with Gasteiger partial charge in [0.1, 0.15) is 6.61 Å². The second-order valence-corrected chi connectivity index (χ2v) is 6.05. The highest BCUT2D eigenvalue weighted by molar-refractivity contribution is 6.00. The van der Waals surface area contributed by atoms with E-state index >= 15 is 0 Å². The first-order valence-electron chi connectivity index (χ1n) is 8.84. The molecular weight excluding hydrogens is 354 g/mol. The zero-order chi connectivity index (χ0) is 19.6. The predicted molar refractivity (Wildman–Crippen MR) is 110 cm³/mol. The van der Waals surface area contributed by atoms with E-state index in [4.69, 9.17) is 4.74 Å². The summed E-state index contributed by atoms with van der Waals surface area (Å²) in [7, 11) is 0.